The van der Waals surface area contributed by atoms with E-state index in [1.807, 2.05) is 26.0 Å². The van der Waals surface area contributed by atoms with Gasteiger partial charge in [0.25, 0.3) is 0 Å². The number of hydrogen-bond acceptors (Lipinski definition) is 4. The highest BCUT2D eigenvalue weighted by molar-refractivity contribution is 7.88. The molecule has 1 heterocycles. The molecule has 0 aliphatic carbocycles. The number of rotatable bonds is 4. The van der Waals surface area contributed by atoms with Gasteiger partial charge in [-0.1, -0.05) is 6.07 Å². The zero-order valence-electron chi connectivity index (χ0n) is 12.9. The topological polar surface area (TPSA) is 72.6 Å². The summed E-state index contributed by atoms with van der Waals surface area (Å²) >= 11 is 0. The first-order valence-electron chi connectivity index (χ1n) is 7.22. The van der Waals surface area contributed by atoms with Crippen molar-refractivity contribution in [2.75, 3.05) is 31.7 Å². The van der Waals surface area contributed by atoms with Crippen molar-refractivity contribution in [1.82, 2.24) is 4.31 Å². The summed E-state index contributed by atoms with van der Waals surface area (Å²) in [4.78, 5) is 0. The molecule has 1 unspecified atom stereocenters. The van der Waals surface area contributed by atoms with E-state index in [2.05, 4.69) is 0 Å². The molecule has 1 aromatic rings. The van der Waals surface area contributed by atoms with Gasteiger partial charge in [0.05, 0.1) is 12.9 Å². The van der Waals surface area contributed by atoms with Gasteiger partial charge < -0.3 is 10.5 Å². The fraction of sp³-hybridized carbons (Fsp3) is 0.600. The van der Waals surface area contributed by atoms with Gasteiger partial charge in [-0.05, 0) is 38.3 Å². The number of aryl methyl sites for hydroxylation is 1. The van der Waals surface area contributed by atoms with E-state index < -0.39 is 10.0 Å². The van der Waals surface area contributed by atoms with Crippen LogP contribution in [-0.4, -0.2) is 38.7 Å². The Balaban J connectivity index is 2.02. The van der Waals surface area contributed by atoms with Crippen molar-refractivity contribution in [3.05, 3.63) is 23.3 Å². The van der Waals surface area contributed by atoms with Crippen molar-refractivity contribution in [3.8, 4) is 5.75 Å². The molecule has 6 heteroatoms. The van der Waals surface area contributed by atoms with Crippen molar-refractivity contribution in [3.63, 3.8) is 0 Å². The Bertz CT molecular complexity index is 614. The number of nitrogens with two attached hydrogens (primary N) is 1. The van der Waals surface area contributed by atoms with Gasteiger partial charge in [0.15, 0.2) is 0 Å². The van der Waals surface area contributed by atoms with Gasteiger partial charge in [0, 0.05) is 30.3 Å². The summed E-state index contributed by atoms with van der Waals surface area (Å²) in [5.74, 6) is 1.06. The number of nitrogen functional groups attached to an aromatic ring is 1. The summed E-state index contributed by atoms with van der Waals surface area (Å²) in [5.41, 5.74) is 8.63. The largest absolute Gasteiger partial charge is 0.493 e. The Morgan fingerprint density at radius 2 is 2.10 bits per heavy atom. The van der Waals surface area contributed by atoms with Crippen molar-refractivity contribution < 1.29 is 13.2 Å². The predicted octanol–water partition coefficient (Wildman–Crippen LogP) is 1.94. The highest BCUT2D eigenvalue weighted by Crippen LogP contribution is 2.29. The highest BCUT2D eigenvalue weighted by Gasteiger charge is 2.26. The zero-order valence-corrected chi connectivity index (χ0v) is 13.7. The molecular formula is C15H24N2O3S. The van der Waals surface area contributed by atoms with E-state index in [0.29, 0.717) is 19.7 Å². The lowest BCUT2D eigenvalue weighted by atomic mass is 10.0. The first kappa shape index (κ1) is 16.1. The van der Waals surface area contributed by atoms with Gasteiger partial charge in [-0.3, -0.25) is 0 Å². The molecule has 0 spiro atoms. The van der Waals surface area contributed by atoms with Crippen LogP contribution >= 0.6 is 0 Å². The highest BCUT2D eigenvalue weighted by atomic mass is 32.2. The van der Waals surface area contributed by atoms with Crippen LogP contribution in [0, 0.1) is 19.8 Å². The molecule has 1 aliphatic rings. The third-order valence-electron chi connectivity index (χ3n) is 4.06. The Morgan fingerprint density at radius 1 is 1.38 bits per heavy atom. The molecule has 1 atom stereocenters. The van der Waals surface area contributed by atoms with Gasteiger partial charge in [-0.15, -0.1) is 0 Å². The third kappa shape index (κ3) is 3.89. The van der Waals surface area contributed by atoms with Crippen molar-refractivity contribution >= 4 is 15.7 Å². The fourth-order valence-corrected chi connectivity index (χ4v) is 3.67. The van der Waals surface area contributed by atoms with Crippen molar-refractivity contribution in [2.45, 2.75) is 26.7 Å². The average Bonchev–Trinajstić information content (AvgIpc) is 2.42. The van der Waals surface area contributed by atoms with Crippen molar-refractivity contribution in [1.29, 1.82) is 0 Å². The molecule has 21 heavy (non-hydrogen) atoms. The Kier molecular flexibility index (Phi) is 4.78. The molecule has 2 rings (SSSR count). The minimum atomic E-state index is -3.11. The van der Waals surface area contributed by atoms with Crippen LogP contribution in [0.3, 0.4) is 0 Å². The second-order valence-corrected chi connectivity index (χ2v) is 7.85. The van der Waals surface area contributed by atoms with Crippen LogP contribution in [0.4, 0.5) is 5.69 Å². The summed E-state index contributed by atoms with van der Waals surface area (Å²) in [6, 6.07) is 3.82. The van der Waals surface area contributed by atoms with Crippen molar-refractivity contribution in [2.24, 2.45) is 5.92 Å². The van der Waals surface area contributed by atoms with E-state index in [0.717, 1.165) is 35.4 Å². The number of anilines is 1. The van der Waals surface area contributed by atoms with Crippen LogP contribution in [0.2, 0.25) is 0 Å². The maximum absolute atomic E-state index is 11.6. The summed E-state index contributed by atoms with van der Waals surface area (Å²) in [6.07, 6.45) is 3.14. The van der Waals surface area contributed by atoms with Gasteiger partial charge in [0.1, 0.15) is 5.75 Å². The van der Waals surface area contributed by atoms with Gasteiger partial charge in [0.2, 0.25) is 10.0 Å². The average molecular weight is 312 g/mol. The number of piperidine rings is 1. The molecule has 2 N–H and O–H groups in total. The number of hydrogen-bond donors (Lipinski definition) is 1. The van der Waals surface area contributed by atoms with Crippen LogP contribution in [0.15, 0.2) is 12.1 Å². The molecule has 1 aliphatic heterocycles. The lowest BCUT2D eigenvalue weighted by Crippen LogP contribution is -2.41. The fourth-order valence-electron chi connectivity index (χ4n) is 2.73. The van der Waals surface area contributed by atoms with E-state index in [4.69, 9.17) is 10.5 Å². The normalized spacial score (nSPS) is 20.4. The van der Waals surface area contributed by atoms with E-state index in [1.165, 1.54) is 6.26 Å². The minimum absolute atomic E-state index is 0.230. The van der Waals surface area contributed by atoms with E-state index in [1.54, 1.807) is 4.31 Å². The molecule has 5 nitrogen and oxygen atoms in total. The van der Waals surface area contributed by atoms with Crippen LogP contribution in [0.25, 0.3) is 0 Å². The van der Waals surface area contributed by atoms with E-state index >= 15 is 0 Å². The SMILES string of the molecule is Cc1ccc(N)c(C)c1OCC1CCCN(S(C)(=O)=O)C1. The molecule has 0 amide bonds. The summed E-state index contributed by atoms with van der Waals surface area (Å²) < 4.78 is 30.7. The van der Waals surface area contributed by atoms with E-state index in [-0.39, 0.29) is 5.92 Å². The van der Waals surface area contributed by atoms with Crippen LogP contribution in [-0.2, 0) is 10.0 Å². The standard InChI is InChI=1S/C15H24N2O3S/c1-11-6-7-14(16)12(2)15(11)20-10-13-5-4-8-17(9-13)21(3,18)19/h6-7,13H,4-5,8-10,16H2,1-3H3. The molecule has 0 saturated carbocycles. The van der Waals surface area contributed by atoms with Gasteiger partial charge in [-0.2, -0.15) is 0 Å². The first-order valence-corrected chi connectivity index (χ1v) is 9.07. The van der Waals surface area contributed by atoms with E-state index in [9.17, 15) is 8.42 Å². The maximum atomic E-state index is 11.6. The zero-order chi connectivity index (χ0) is 15.6. The lowest BCUT2D eigenvalue weighted by Gasteiger charge is -2.31. The molecule has 0 aromatic heterocycles. The first-order chi connectivity index (χ1) is 9.79. The molecule has 1 aromatic carbocycles. The molecule has 0 bridgehead atoms. The molecule has 118 valence electrons. The summed E-state index contributed by atoms with van der Waals surface area (Å²) in [7, 11) is -3.11. The second kappa shape index (κ2) is 6.23. The van der Waals surface area contributed by atoms with Crippen LogP contribution < -0.4 is 10.5 Å². The Morgan fingerprint density at radius 3 is 2.76 bits per heavy atom. The van der Waals surface area contributed by atoms with Crippen LogP contribution in [0.5, 0.6) is 5.75 Å². The summed E-state index contributed by atoms with van der Waals surface area (Å²) in [5, 5.41) is 0. The molecule has 0 radical (unpaired) electrons. The predicted molar refractivity (Wildman–Crippen MR) is 85.0 cm³/mol. The third-order valence-corrected chi connectivity index (χ3v) is 5.33. The van der Waals surface area contributed by atoms with Gasteiger partial charge >= 0.3 is 0 Å². The molecule has 1 fully saturated rings. The van der Waals surface area contributed by atoms with Gasteiger partial charge in [-0.25, -0.2) is 12.7 Å². The maximum Gasteiger partial charge on any atom is 0.211 e. The second-order valence-electron chi connectivity index (χ2n) is 5.87. The Labute approximate surface area is 127 Å². The smallest absolute Gasteiger partial charge is 0.211 e. The minimum Gasteiger partial charge on any atom is -0.493 e. The number of benzene rings is 1. The van der Waals surface area contributed by atoms with Crippen LogP contribution in [0.1, 0.15) is 24.0 Å². The number of sulfonamides is 1. The monoisotopic (exact) mass is 312 g/mol. The molecular weight excluding hydrogens is 288 g/mol. The number of nitrogens with zero attached hydrogens (tertiary/aromatic N) is 1. The Hall–Kier alpha value is -1.27. The summed E-state index contributed by atoms with van der Waals surface area (Å²) in [6.45, 7) is 5.62. The lowest BCUT2D eigenvalue weighted by molar-refractivity contribution is 0.179. The number of ether oxygens (including phenoxy) is 1. The quantitative estimate of drug-likeness (QED) is 0.862. The molecule has 1 saturated heterocycles.